The number of methoxy groups -OCH3 is 1. The lowest BCUT2D eigenvalue weighted by atomic mass is 9.74. The summed E-state index contributed by atoms with van der Waals surface area (Å²) in [5, 5.41) is 0. The summed E-state index contributed by atoms with van der Waals surface area (Å²) in [5.74, 6) is 0.789. The Morgan fingerprint density at radius 2 is 2.06 bits per heavy atom. The third-order valence-corrected chi connectivity index (χ3v) is 4.39. The van der Waals surface area contributed by atoms with Crippen LogP contribution in [0.1, 0.15) is 49.9 Å². The summed E-state index contributed by atoms with van der Waals surface area (Å²) in [6.45, 7) is 4.29. The molecule has 1 aromatic rings. The van der Waals surface area contributed by atoms with Crippen LogP contribution >= 0.6 is 0 Å². The highest BCUT2D eigenvalue weighted by Crippen LogP contribution is 2.41. The van der Waals surface area contributed by atoms with Gasteiger partial charge in [-0.05, 0) is 50.2 Å². The molecule has 0 aliphatic heterocycles. The molecule has 1 aliphatic carbocycles. The highest BCUT2D eigenvalue weighted by Gasteiger charge is 2.40. The van der Waals surface area contributed by atoms with Crippen molar-refractivity contribution in [3.05, 3.63) is 29.6 Å². The number of nitrogens with zero attached hydrogens (tertiary/aromatic N) is 1. The van der Waals surface area contributed by atoms with Gasteiger partial charge >= 0.3 is 0 Å². The summed E-state index contributed by atoms with van der Waals surface area (Å²) >= 11 is 0. The Kier molecular flexibility index (Phi) is 4.03. The standard InChI is InChI=1S/C15H24N2O/c1-11-6-8-15(18-3,9-7-11)14(16)13-5-4-12(2)17-10-13/h4-5,10-11,14H,6-9,16H2,1-3H3. The van der Waals surface area contributed by atoms with E-state index in [0.717, 1.165) is 30.0 Å². The van der Waals surface area contributed by atoms with E-state index < -0.39 is 0 Å². The van der Waals surface area contributed by atoms with E-state index >= 15 is 0 Å². The van der Waals surface area contributed by atoms with Crippen LogP contribution in [0.4, 0.5) is 0 Å². The van der Waals surface area contributed by atoms with Crippen LogP contribution < -0.4 is 5.73 Å². The molecular formula is C15H24N2O. The summed E-state index contributed by atoms with van der Waals surface area (Å²) in [6.07, 6.45) is 6.36. The normalized spacial score (nSPS) is 30.1. The van der Waals surface area contributed by atoms with Crippen molar-refractivity contribution in [1.82, 2.24) is 4.98 Å². The second-order valence-corrected chi connectivity index (χ2v) is 5.66. The number of aromatic nitrogens is 1. The van der Waals surface area contributed by atoms with Gasteiger partial charge in [-0.2, -0.15) is 0 Å². The van der Waals surface area contributed by atoms with Crippen LogP contribution in [0.25, 0.3) is 0 Å². The highest BCUT2D eigenvalue weighted by atomic mass is 16.5. The summed E-state index contributed by atoms with van der Waals surface area (Å²) in [4.78, 5) is 4.34. The van der Waals surface area contributed by atoms with Crippen molar-refractivity contribution in [2.45, 2.75) is 51.2 Å². The Labute approximate surface area is 110 Å². The number of hydrogen-bond donors (Lipinski definition) is 1. The van der Waals surface area contributed by atoms with Gasteiger partial charge in [0.1, 0.15) is 0 Å². The van der Waals surface area contributed by atoms with E-state index in [2.05, 4.69) is 18.0 Å². The first-order valence-corrected chi connectivity index (χ1v) is 6.81. The molecule has 1 saturated carbocycles. The maximum Gasteiger partial charge on any atom is 0.0871 e. The highest BCUT2D eigenvalue weighted by molar-refractivity contribution is 5.21. The lowest BCUT2D eigenvalue weighted by molar-refractivity contribution is -0.0672. The molecule has 0 spiro atoms. The molecule has 1 atom stereocenters. The number of nitrogens with two attached hydrogens (primary N) is 1. The van der Waals surface area contributed by atoms with Crippen LogP contribution in [0, 0.1) is 12.8 Å². The molecule has 1 heterocycles. The van der Waals surface area contributed by atoms with Crippen molar-refractivity contribution < 1.29 is 4.74 Å². The minimum Gasteiger partial charge on any atom is -0.376 e. The van der Waals surface area contributed by atoms with Crippen LogP contribution in [0.15, 0.2) is 18.3 Å². The Morgan fingerprint density at radius 1 is 1.39 bits per heavy atom. The van der Waals surface area contributed by atoms with Crippen molar-refractivity contribution in [2.75, 3.05) is 7.11 Å². The monoisotopic (exact) mass is 248 g/mol. The first-order chi connectivity index (χ1) is 8.57. The van der Waals surface area contributed by atoms with Gasteiger partial charge in [-0.3, -0.25) is 4.98 Å². The molecule has 1 aromatic heterocycles. The van der Waals surface area contributed by atoms with E-state index in [0.29, 0.717) is 0 Å². The zero-order chi connectivity index (χ0) is 13.2. The second-order valence-electron chi connectivity index (χ2n) is 5.66. The number of pyridine rings is 1. The number of hydrogen-bond acceptors (Lipinski definition) is 3. The Balaban J connectivity index is 2.19. The van der Waals surface area contributed by atoms with Gasteiger partial charge in [0, 0.05) is 19.0 Å². The largest absolute Gasteiger partial charge is 0.376 e. The molecule has 0 radical (unpaired) electrons. The van der Waals surface area contributed by atoms with Gasteiger partial charge in [-0.1, -0.05) is 13.0 Å². The van der Waals surface area contributed by atoms with Gasteiger partial charge in [-0.25, -0.2) is 0 Å². The van der Waals surface area contributed by atoms with Crippen molar-refractivity contribution in [1.29, 1.82) is 0 Å². The Bertz CT molecular complexity index is 380. The molecule has 18 heavy (non-hydrogen) atoms. The van der Waals surface area contributed by atoms with E-state index in [4.69, 9.17) is 10.5 Å². The van der Waals surface area contributed by atoms with Crippen molar-refractivity contribution in [3.63, 3.8) is 0 Å². The molecule has 1 fully saturated rings. The predicted molar refractivity (Wildman–Crippen MR) is 73.3 cm³/mol. The Hall–Kier alpha value is -0.930. The average Bonchev–Trinajstić information content (AvgIpc) is 2.40. The Morgan fingerprint density at radius 3 is 2.56 bits per heavy atom. The molecule has 0 saturated heterocycles. The van der Waals surface area contributed by atoms with Crippen LogP contribution in [-0.4, -0.2) is 17.7 Å². The summed E-state index contributed by atoms with van der Waals surface area (Å²) < 4.78 is 5.82. The van der Waals surface area contributed by atoms with Gasteiger partial charge in [-0.15, -0.1) is 0 Å². The molecule has 3 nitrogen and oxygen atoms in total. The van der Waals surface area contributed by atoms with Gasteiger partial charge < -0.3 is 10.5 Å². The lowest BCUT2D eigenvalue weighted by Gasteiger charge is -2.42. The average molecular weight is 248 g/mol. The summed E-state index contributed by atoms with van der Waals surface area (Å²) in [5.41, 5.74) is 8.34. The quantitative estimate of drug-likeness (QED) is 0.894. The first-order valence-electron chi connectivity index (χ1n) is 6.81. The van der Waals surface area contributed by atoms with Gasteiger partial charge in [0.2, 0.25) is 0 Å². The topological polar surface area (TPSA) is 48.1 Å². The molecule has 100 valence electrons. The van der Waals surface area contributed by atoms with Crippen LogP contribution in [0.3, 0.4) is 0 Å². The molecular weight excluding hydrogens is 224 g/mol. The summed E-state index contributed by atoms with van der Waals surface area (Å²) in [7, 11) is 1.79. The third kappa shape index (κ3) is 2.57. The maximum absolute atomic E-state index is 6.45. The second kappa shape index (κ2) is 5.37. The molecule has 0 amide bonds. The molecule has 1 unspecified atom stereocenters. The first kappa shape index (κ1) is 13.5. The molecule has 0 aromatic carbocycles. The van der Waals surface area contributed by atoms with E-state index in [1.807, 2.05) is 19.2 Å². The number of aryl methyl sites for hydroxylation is 1. The molecule has 2 N–H and O–H groups in total. The molecule has 0 bridgehead atoms. The summed E-state index contributed by atoms with van der Waals surface area (Å²) in [6, 6.07) is 4.01. The van der Waals surface area contributed by atoms with E-state index in [1.54, 1.807) is 7.11 Å². The molecule has 3 heteroatoms. The maximum atomic E-state index is 6.45. The zero-order valence-corrected chi connectivity index (χ0v) is 11.6. The zero-order valence-electron chi connectivity index (χ0n) is 11.6. The molecule has 1 aliphatic rings. The van der Waals surface area contributed by atoms with E-state index in [1.165, 1.54) is 12.8 Å². The minimum atomic E-state index is -0.205. The fraction of sp³-hybridized carbons (Fsp3) is 0.667. The number of rotatable bonds is 3. The predicted octanol–water partition coefficient (Wildman–Crippen LogP) is 2.99. The third-order valence-electron chi connectivity index (χ3n) is 4.39. The van der Waals surface area contributed by atoms with Crippen LogP contribution in [-0.2, 0) is 4.74 Å². The van der Waals surface area contributed by atoms with E-state index in [9.17, 15) is 0 Å². The SMILES string of the molecule is COC1(C(N)c2ccc(C)nc2)CCC(C)CC1. The van der Waals surface area contributed by atoms with Gasteiger partial charge in [0.25, 0.3) is 0 Å². The smallest absolute Gasteiger partial charge is 0.0871 e. The van der Waals surface area contributed by atoms with Crippen LogP contribution in [0.5, 0.6) is 0 Å². The van der Waals surface area contributed by atoms with Crippen molar-refractivity contribution in [3.8, 4) is 0 Å². The fourth-order valence-electron chi connectivity index (χ4n) is 2.86. The van der Waals surface area contributed by atoms with Crippen molar-refractivity contribution in [2.24, 2.45) is 11.7 Å². The van der Waals surface area contributed by atoms with E-state index in [-0.39, 0.29) is 11.6 Å². The minimum absolute atomic E-state index is 0.0805. The fourth-order valence-corrected chi connectivity index (χ4v) is 2.86. The molecule has 2 rings (SSSR count). The van der Waals surface area contributed by atoms with Gasteiger partial charge in [0.05, 0.1) is 11.6 Å². The van der Waals surface area contributed by atoms with Crippen LogP contribution in [0.2, 0.25) is 0 Å². The number of ether oxygens (including phenoxy) is 1. The van der Waals surface area contributed by atoms with Crippen molar-refractivity contribution >= 4 is 0 Å². The van der Waals surface area contributed by atoms with Gasteiger partial charge in [0.15, 0.2) is 0 Å². The lowest BCUT2D eigenvalue weighted by Crippen LogP contribution is -2.45.